The van der Waals surface area contributed by atoms with Gasteiger partial charge < -0.3 is 10.1 Å². The molecule has 3 nitrogen and oxygen atoms in total. The molecule has 0 amide bonds. The fourth-order valence-corrected chi connectivity index (χ4v) is 2.49. The normalized spacial score (nSPS) is 23.9. The lowest BCUT2D eigenvalue weighted by Crippen LogP contribution is -2.20. The molecule has 0 saturated heterocycles. The summed E-state index contributed by atoms with van der Waals surface area (Å²) in [7, 11) is 0. The Bertz CT molecular complexity index is 359. The molecule has 1 fully saturated rings. The van der Waals surface area contributed by atoms with Gasteiger partial charge in [0.15, 0.2) is 0 Å². The highest BCUT2D eigenvalue weighted by molar-refractivity contribution is 5.42. The smallest absolute Gasteiger partial charge is 0.131 e. The molecule has 1 aliphatic rings. The third-order valence-corrected chi connectivity index (χ3v) is 3.67. The van der Waals surface area contributed by atoms with Crippen LogP contribution in [0, 0.1) is 5.92 Å². The summed E-state index contributed by atoms with van der Waals surface area (Å²) < 4.78 is 6.02. The van der Waals surface area contributed by atoms with E-state index in [1.807, 2.05) is 12.3 Å². The minimum atomic E-state index is 0.441. The van der Waals surface area contributed by atoms with Gasteiger partial charge in [-0.2, -0.15) is 0 Å². The van der Waals surface area contributed by atoms with Gasteiger partial charge in [-0.1, -0.05) is 13.0 Å². The number of ether oxygens (including phenoxy) is 1. The molecule has 0 bridgehead atoms. The van der Waals surface area contributed by atoms with Crippen molar-refractivity contribution in [2.24, 2.45) is 5.92 Å². The third kappa shape index (κ3) is 3.70. The molecule has 100 valence electrons. The van der Waals surface area contributed by atoms with Crippen molar-refractivity contribution < 1.29 is 4.74 Å². The summed E-state index contributed by atoms with van der Waals surface area (Å²) in [4.78, 5) is 4.35. The first kappa shape index (κ1) is 13.3. The summed E-state index contributed by atoms with van der Waals surface area (Å²) in [6, 6.07) is 4.07. The van der Waals surface area contributed by atoms with Crippen molar-refractivity contribution >= 4 is 5.82 Å². The number of rotatable bonds is 5. The van der Waals surface area contributed by atoms with E-state index in [0.29, 0.717) is 12.7 Å². The average molecular weight is 248 g/mol. The molecule has 0 aliphatic heterocycles. The molecule has 18 heavy (non-hydrogen) atoms. The van der Waals surface area contributed by atoms with Crippen LogP contribution in [0.5, 0.6) is 0 Å². The Labute approximate surface area is 110 Å². The number of pyridine rings is 1. The summed E-state index contributed by atoms with van der Waals surface area (Å²) in [6.07, 6.45) is 7.28. The minimum absolute atomic E-state index is 0.441. The SMILES string of the molecule is CCNc1ncccc1COC1CCC(C)CC1. The largest absolute Gasteiger partial charge is 0.373 e. The minimum Gasteiger partial charge on any atom is -0.373 e. The van der Waals surface area contributed by atoms with E-state index < -0.39 is 0 Å². The molecule has 0 unspecified atom stereocenters. The summed E-state index contributed by atoms with van der Waals surface area (Å²) in [5, 5.41) is 3.28. The van der Waals surface area contributed by atoms with Gasteiger partial charge in [0, 0.05) is 18.3 Å². The van der Waals surface area contributed by atoms with Gasteiger partial charge in [-0.3, -0.25) is 0 Å². The summed E-state index contributed by atoms with van der Waals surface area (Å²) in [5.74, 6) is 1.84. The first-order valence-corrected chi connectivity index (χ1v) is 7.09. The summed E-state index contributed by atoms with van der Waals surface area (Å²) >= 11 is 0. The summed E-state index contributed by atoms with van der Waals surface area (Å²) in [6.45, 7) is 5.99. The van der Waals surface area contributed by atoms with E-state index in [4.69, 9.17) is 4.74 Å². The molecule has 0 atom stereocenters. The first-order chi connectivity index (χ1) is 8.79. The third-order valence-electron chi connectivity index (χ3n) is 3.67. The average Bonchev–Trinajstić information content (AvgIpc) is 2.40. The monoisotopic (exact) mass is 248 g/mol. The number of nitrogens with one attached hydrogen (secondary N) is 1. The molecule has 1 aliphatic carbocycles. The van der Waals surface area contributed by atoms with Gasteiger partial charge in [-0.25, -0.2) is 4.98 Å². The van der Waals surface area contributed by atoms with Gasteiger partial charge in [0.05, 0.1) is 12.7 Å². The Balaban J connectivity index is 1.86. The lowest BCUT2D eigenvalue weighted by molar-refractivity contribution is 0.00892. The summed E-state index contributed by atoms with van der Waals surface area (Å²) in [5.41, 5.74) is 1.16. The van der Waals surface area contributed by atoms with Crippen molar-refractivity contribution in [1.82, 2.24) is 4.98 Å². The van der Waals surface area contributed by atoms with Crippen LogP contribution in [-0.4, -0.2) is 17.6 Å². The molecule has 1 aromatic heterocycles. The molecule has 0 aromatic carbocycles. The van der Waals surface area contributed by atoms with E-state index >= 15 is 0 Å². The van der Waals surface area contributed by atoms with Gasteiger partial charge >= 0.3 is 0 Å². The molecule has 1 aromatic rings. The van der Waals surface area contributed by atoms with Crippen LogP contribution in [-0.2, 0) is 11.3 Å². The van der Waals surface area contributed by atoms with Crippen LogP contribution in [0.2, 0.25) is 0 Å². The maximum absolute atomic E-state index is 6.02. The van der Waals surface area contributed by atoms with E-state index in [0.717, 1.165) is 23.8 Å². The maximum atomic E-state index is 6.02. The van der Waals surface area contributed by atoms with Gasteiger partial charge in [0.25, 0.3) is 0 Å². The number of hydrogen-bond donors (Lipinski definition) is 1. The Hall–Kier alpha value is -1.09. The van der Waals surface area contributed by atoms with Crippen molar-refractivity contribution in [2.75, 3.05) is 11.9 Å². The van der Waals surface area contributed by atoms with Crippen molar-refractivity contribution in [3.63, 3.8) is 0 Å². The zero-order chi connectivity index (χ0) is 12.8. The molecule has 1 saturated carbocycles. The number of anilines is 1. The lowest BCUT2D eigenvalue weighted by Gasteiger charge is -2.26. The molecular weight excluding hydrogens is 224 g/mol. The molecule has 2 rings (SSSR count). The molecule has 1 heterocycles. The molecule has 3 heteroatoms. The zero-order valence-corrected chi connectivity index (χ0v) is 11.5. The van der Waals surface area contributed by atoms with Crippen LogP contribution < -0.4 is 5.32 Å². The van der Waals surface area contributed by atoms with E-state index in [1.165, 1.54) is 25.7 Å². The quantitative estimate of drug-likeness (QED) is 0.864. The zero-order valence-electron chi connectivity index (χ0n) is 11.5. The Morgan fingerprint density at radius 3 is 2.83 bits per heavy atom. The Morgan fingerprint density at radius 2 is 2.11 bits per heavy atom. The fraction of sp³-hybridized carbons (Fsp3) is 0.667. The van der Waals surface area contributed by atoms with Crippen molar-refractivity contribution in [3.05, 3.63) is 23.9 Å². The number of aromatic nitrogens is 1. The van der Waals surface area contributed by atoms with E-state index in [2.05, 4.69) is 30.2 Å². The topological polar surface area (TPSA) is 34.2 Å². The highest BCUT2D eigenvalue weighted by atomic mass is 16.5. The van der Waals surface area contributed by atoms with Gasteiger partial charge in [0.2, 0.25) is 0 Å². The fourth-order valence-electron chi connectivity index (χ4n) is 2.49. The van der Waals surface area contributed by atoms with Crippen LogP contribution in [0.25, 0.3) is 0 Å². The van der Waals surface area contributed by atoms with Gasteiger partial charge in [-0.05, 0) is 44.6 Å². The second kappa shape index (κ2) is 6.74. The second-order valence-electron chi connectivity index (χ2n) is 5.23. The maximum Gasteiger partial charge on any atom is 0.131 e. The first-order valence-electron chi connectivity index (χ1n) is 7.09. The highest BCUT2D eigenvalue weighted by Crippen LogP contribution is 2.26. The van der Waals surface area contributed by atoms with E-state index in [-0.39, 0.29) is 0 Å². The predicted octanol–water partition coefficient (Wildman–Crippen LogP) is 3.61. The van der Waals surface area contributed by atoms with Gasteiger partial charge in [-0.15, -0.1) is 0 Å². The Morgan fingerprint density at radius 1 is 1.33 bits per heavy atom. The van der Waals surface area contributed by atoms with Crippen LogP contribution in [0.1, 0.15) is 45.1 Å². The van der Waals surface area contributed by atoms with Gasteiger partial charge in [0.1, 0.15) is 5.82 Å². The van der Waals surface area contributed by atoms with Crippen molar-refractivity contribution in [2.45, 2.75) is 52.2 Å². The second-order valence-corrected chi connectivity index (χ2v) is 5.23. The standard InChI is InChI=1S/C15H24N2O/c1-3-16-15-13(5-4-10-17-15)11-18-14-8-6-12(2)7-9-14/h4-5,10,12,14H,3,6-9,11H2,1-2H3,(H,16,17). The number of nitrogens with zero attached hydrogens (tertiary/aromatic N) is 1. The van der Waals surface area contributed by atoms with E-state index in [1.54, 1.807) is 0 Å². The molecular formula is C15H24N2O. The van der Waals surface area contributed by atoms with Crippen molar-refractivity contribution in [1.29, 1.82) is 0 Å². The van der Waals surface area contributed by atoms with Crippen LogP contribution >= 0.6 is 0 Å². The predicted molar refractivity (Wildman–Crippen MR) is 74.6 cm³/mol. The number of hydrogen-bond acceptors (Lipinski definition) is 3. The molecule has 0 spiro atoms. The Kier molecular flexibility index (Phi) is 5.00. The molecule has 1 N–H and O–H groups in total. The highest BCUT2D eigenvalue weighted by Gasteiger charge is 2.18. The van der Waals surface area contributed by atoms with Crippen LogP contribution in [0.4, 0.5) is 5.82 Å². The van der Waals surface area contributed by atoms with Crippen molar-refractivity contribution in [3.8, 4) is 0 Å². The van der Waals surface area contributed by atoms with Crippen LogP contribution in [0.3, 0.4) is 0 Å². The van der Waals surface area contributed by atoms with E-state index in [9.17, 15) is 0 Å². The lowest BCUT2D eigenvalue weighted by atomic mass is 9.89. The molecule has 0 radical (unpaired) electrons. The van der Waals surface area contributed by atoms with Crippen LogP contribution in [0.15, 0.2) is 18.3 Å².